The Bertz CT molecular complexity index is 668. The highest BCUT2D eigenvalue weighted by Gasteiger charge is 2.11. The summed E-state index contributed by atoms with van der Waals surface area (Å²) in [6.07, 6.45) is 0. The molecule has 1 heterocycles. The third-order valence-corrected chi connectivity index (χ3v) is 2.81. The first kappa shape index (κ1) is 14.3. The van der Waals surface area contributed by atoms with E-state index < -0.39 is 0 Å². The number of hydrogen-bond donors (Lipinski definition) is 0. The summed E-state index contributed by atoms with van der Waals surface area (Å²) in [5, 5.41) is 9.31. The maximum atomic E-state index is 9.00. The van der Waals surface area contributed by atoms with Gasteiger partial charge in [-0.3, -0.25) is 0 Å². The molecule has 0 saturated carbocycles. The molecule has 0 fully saturated rings. The van der Waals surface area contributed by atoms with E-state index in [0.29, 0.717) is 33.5 Å². The molecule has 0 aliphatic carbocycles. The van der Waals surface area contributed by atoms with Crippen LogP contribution in [0.15, 0.2) is 24.3 Å². The van der Waals surface area contributed by atoms with E-state index in [1.54, 1.807) is 38.5 Å². The molecule has 0 unspecified atom stereocenters. The molecule has 0 spiro atoms. The van der Waals surface area contributed by atoms with Gasteiger partial charge < -0.3 is 9.47 Å². The van der Waals surface area contributed by atoms with Crippen molar-refractivity contribution in [2.24, 2.45) is 0 Å². The van der Waals surface area contributed by atoms with Gasteiger partial charge in [0.2, 0.25) is 0 Å². The molecule has 0 bridgehead atoms. The molecule has 0 radical (unpaired) electrons. The largest absolute Gasteiger partial charge is 0.496 e. The summed E-state index contributed by atoms with van der Waals surface area (Å²) in [6.45, 7) is 0.258. The van der Waals surface area contributed by atoms with Crippen molar-refractivity contribution in [2.75, 3.05) is 14.2 Å². The van der Waals surface area contributed by atoms with Crippen LogP contribution in [0.3, 0.4) is 0 Å². The standard InChI is InChI=1S/C14H12ClN3O2/c1-19-8-14-17-11(6-13(15)18-14)10-5-9(7-16)3-4-12(10)20-2/h3-6H,8H2,1-2H3. The highest BCUT2D eigenvalue weighted by atomic mass is 35.5. The monoisotopic (exact) mass is 289 g/mol. The van der Waals surface area contributed by atoms with Crippen molar-refractivity contribution in [3.05, 3.63) is 40.8 Å². The minimum Gasteiger partial charge on any atom is -0.496 e. The second kappa shape index (κ2) is 6.33. The molecule has 0 saturated heterocycles. The molecule has 1 aromatic heterocycles. The van der Waals surface area contributed by atoms with Gasteiger partial charge in [0, 0.05) is 18.7 Å². The van der Waals surface area contributed by atoms with Gasteiger partial charge in [-0.1, -0.05) is 11.6 Å². The normalized spacial score (nSPS) is 10.1. The van der Waals surface area contributed by atoms with Gasteiger partial charge in [0.05, 0.1) is 24.4 Å². The zero-order valence-corrected chi connectivity index (χ0v) is 11.8. The van der Waals surface area contributed by atoms with Gasteiger partial charge >= 0.3 is 0 Å². The summed E-state index contributed by atoms with van der Waals surface area (Å²) in [5.74, 6) is 1.08. The summed E-state index contributed by atoms with van der Waals surface area (Å²) in [4.78, 5) is 8.44. The molecule has 1 aromatic carbocycles. The number of rotatable bonds is 4. The Morgan fingerprint density at radius 1 is 1.25 bits per heavy atom. The SMILES string of the molecule is COCc1nc(Cl)cc(-c2cc(C#N)ccc2OC)n1. The molecular formula is C14H12ClN3O2. The summed E-state index contributed by atoms with van der Waals surface area (Å²) in [7, 11) is 3.12. The first-order valence-corrected chi connectivity index (χ1v) is 6.16. The average molecular weight is 290 g/mol. The van der Waals surface area contributed by atoms with E-state index in [1.807, 2.05) is 0 Å². The Labute approximate surface area is 121 Å². The lowest BCUT2D eigenvalue weighted by molar-refractivity contribution is 0.178. The molecule has 5 nitrogen and oxygen atoms in total. The molecule has 0 atom stereocenters. The first-order chi connectivity index (χ1) is 9.67. The quantitative estimate of drug-likeness (QED) is 0.810. The zero-order chi connectivity index (χ0) is 14.5. The fourth-order valence-electron chi connectivity index (χ4n) is 1.77. The predicted octanol–water partition coefficient (Wildman–Crippen LogP) is 2.82. The van der Waals surface area contributed by atoms with E-state index in [2.05, 4.69) is 16.0 Å². The first-order valence-electron chi connectivity index (χ1n) is 5.79. The molecule has 6 heteroatoms. The highest BCUT2D eigenvalue weighted by molar-refractivity contribution is 6.29. The van der Waals surface area contributed by atoms with Crippen molar-refractivity contribution in [1.29, 1.82) is 5.26 Å². The fraction of sp³-hybridized carbons (Fsp3) is 0.214. The van der Waals surface area contributed by atoms with Crippen LogP contribution < -0.4 is 4.74 Å². The molecular weight excluding hydrogens is 278 g/mol. The van der Waals surface area contributed by atoms with Crippen LogP contribution >= 0.6 is 11.6 Å². The topological polar surface area (TPSA) is 68.0 Å². The Morgan fingerprint density at radius 3 is 2.70 bits per heavy atom. The van der Waals surface area contributed by atoms with E-state index in [-0.39, 0.29) is 6.61 Å². The molecule has 0 N–H and O–H groups in total. The minimum atomic E-state index is 0.258. The molecule has 0 amide bonds. The van der Waals surface area contributed by atoms with Crippen LogP contribution in [0, 0.1) is 11.3 Å². The maximum Gasteiger partial charge on any atom is 0.156 e. The number of ether oxygens (including phenoxy) is 2. The second-order valence-corrected chi connectivity index (χ2v) is 4.34. The van der Waals surface area contributed by atoms with Crippen LogP contribution in [-0.4, -0.2) is 24.2 Å². The van der Waals surface area contributed by atoms with Crippen molar-refractivity contribution in [3.63, 3.8) is 0 Å². The molecule has 0 aliphatic heterocycles. The van der Waals surface area contributed by atoms with Crippen LogP contribution in [0.5, 0.6) is 5.75 Å². The van der Waals surface area contributed by atoms with Crippen LogP contribution in [0.25, 0.3) is 11.3 Å². The average Bonchev–Trinajstić information content (AvgIpc) is 2.46. The van der Waals surface area contributed by atoms with Crippen molar-refractivity contribution < 1.29 is 9.47 Å². The Balaban J connectivity index is 2.58. The van der Waals surface area contributed by atoms with Gasteiger partial charge in [-0.2, -0.15) is 5.26 Å². The highest BCUT2D eigenvalue weighted by Crippen LogP contribution is 2.30. The van der Waals surface area contributed by atoms with Gasteiger partial charge in [0.15, 0.2) is 5.82 Å². The number of hydrogen-bond acceptors (Lipinski definition) is 5. The fourth-order valence-corrected chi connectivity index (χ4v) is 1.97. The predicted molar refractivity (Wildman–Crippen MR) is 74.5 cm³/mol. The third kappa shape index (κ3) is 3.05. The van der Waals surface area contributed by atoms with Crippen molar-refractivity contribution in [2.45, 2.75) is 6.61 Å². The minimum absolute atomic E-state index is 0.258. The Morgan fingerprint density at radius 2 is 2.05 bits per heavy atom. The smallest absolute Gasteiger partial charge is 0.156 e. The van der Waals surface area contributed by atoms with Gasteiger partial charge in [-0.25, -0.2) is 9.97 Å². The van der Waals surface area contributed by atoms with E-state index in [9.17, 15) is 0 Å². The van der Waals surface area contributed by atoms with Crippen LogP contribution in [0.2, 0.25) is 5.15 Å². The van der Waals surface area contributed by atoms with Crippen LogP contribution in [0.4, 0.5) is 0 Å². The Hall–Kier alpha value is -2.16. The summed E-state index contributed by atoms with van der Waals surface area (Å²) in [5.41, 5.74) is 1.79. The number of methoxy groups -OCH3 is 2. The number of nitriles is 1. The molecule has 102 valence electrons. The van der Waals surface area contributed by atoms with E-state index >= 15 is 0 Å². The second-order valence-electron chi connectivity index (χ2n) is 3.95. The number of benzene rings is 1. The lowest BCUT2D eigenvalue weighted by atomic mass is 10.1. The van der Waals surface area contributed by atoms with Gasteiger partial charge in [0.1, 0.15) is 17.5 Å². The van der Waals surface area contributed by atoms with Gasteiger partial charge in [0.25, 0.3) is 0 Å². The zero-order valence-electron chi connectivity index (χ0n) is 11.1. The molecule has 20 heavy (non-hydrogen) atoms. The molecule has 0 aliphatic rings. The number of nitrogens with zero attached hydrogens (tertiary/aromatic N) is 3. The van der Waals surface area contributed by atoms with Gasteiger partial charge in [-0.15, -0.1) is 0 Å². The lowest BCUT2D eigenvalue weighted by Crippen LogP contribution is -2.00. The van der Waals surface area contributed by atoms with Gasteiger partial charge in [-0.05, 0) is 18.2 Å². The summed E-state index contributed by atoms with van der Waals surface area (Å²) < 4.78 is 10.3. The summed E-state index contributed by atoms with van der Waals surface area (Å²) in [6, 6.07) is 8.82. The van der Waals surface area contributed by atoms with E-state index in [0.717, 1.165) is 0 Å². The number of halogens is 1. The molecule has 2 rings (SSSR count). The third-order valence-electron chi connectivity index (χ3n) is 2.62. The van der Waals surface area contributed by atoms with Crippen LogP contribution in [0.1, 0.15) is 11.4 Å². The van der Waals surface area contributed by atoms with Crippen molar-refractivity contribution in [1.82, 2.24) is 9.97 Å². The summed E-state index contributed by atoms with van der Waals surface area (Å²) >= 11 is 5.99. The van der Waals surface area contributed by atoms with Crippen molar-refractivity contribution >= 4 is 11.6 Å². The van der Waals surface area contributed by atoms with E-state index in [4.69, 9.17) is 26.3 Å². The van der Waals surface area contributed by atoms with E-state index in [1.165, 1.54) is 0 Å². The van der Waals surface area contributed by atoms with Crippen LogP contribution in [-0.2, 0) is 11.3 Å². The lowest BCUT2D eigenvalue weighted by Gasteiger charge is -2.09. The maximum absolute atomic E-state index is 9.00. The molecule has 2 aromatic rings. The van der Waals surface area contributed by atoms with Crippen molar-refractivity contribution in [3.8, 4) is 23.1 Å². The Kier molecular flexibility index (Phi) is 4.51. The number of aromatic nitrogens is 2.